The summed E-state index contributed by atoms with van der Waals surface area (Å²) in [5.74, 6) is 0. The van der Waals surface area contributed by atoms with Crippen molar-refractivity contribution in [1.82, 2.24) is 4.98 Å². The Kier molecular flexibility index (Phi) is 15.4. The van der Waals surface area contributed by atoms with Crippen LogP contribution in [-0.2, 0) is 26.0 Å². The Morgan fingerprint density at radius 2 is 0.574 bits per heavy atom. The molecule has 1 heterocycles. The van der Waals surface area contributed by atoms with Gasteiger partial charge in [0, 0.05) is 11.9 Å². The Labute approximate surface area is 295 Å². The average molecular weight is 737 g/mol. The second-order valence-corrected chi connectivity index (χ2v) is 15.4. The summed E-state index contributed by atoms with van der Waals surface area (Å²) < 4.78 is 0. The first-order valence-electron chi connectivity index (χ1n) is 15.4. The maximum absolute atomic E-state index is 6.88. The molecule has 0 aliphatic carbocycles. The normalized spacial score (nSPS) is 10.1. The van der Waals surface area contributed by atoms with Crippen LogP contribution in [0.25, 0.3) is 5.73 Å². The molecule has 0 saturated heterocycles. The number of hydrogen-bond acceptors (Lipinski definition) is 1. The minimum atomic E-state index is -0.877. The van der Waals surface area contributed by atoms with Crippen LogP contribution in [-0.4, -0.2) is 4.98 Å². The van der Waals surface area contributed by atoms with Gasteiger partial charge in [-0.25, -0.2) is 0 Å². The van der Waals surface area contributed by atoms with Gasteiger partial charge in [0.2, 0.25) is 0 Å². The zero-order valence-electron chi connectivity index (χ0n) is 26.2. The van der Waals surface area contributed by atoms with E-state index in [2.05, 4.69) is 187 Å². The summed E-state index contributed by atoms with van der Waals surface area (Å²) in [6.07, 6.45) is 1.70. The van der Waals surface area contributed by atoms with Crippen LogP contribution in [0.2, 0.25) is 0 Å². The van der Waals surface area contributed by atoms with Gasteiger partial charge < -0.3 is 5.73 Å². The van der Waals surface area contributed by atoms with E-state index in [1.54, 1.807) is 6.20 Å². The molecule has 0 fully saturated rings. The SMILES string of the molecule is [NH-]Cc1ccccn1.[RuH2].c1ccc([PH+](c2ccccc2)c2ccccc2)cc1.c1ccc([PH+](c2ccccc2)c2ccccc2)cc1. The van der Waals surface area contributed by atoms with Gasteiger partial charge in [0.15, 0.2) is 0 Å². The zero-order valence-corrected chi connectivity index (χ0v) is 30.2. The third-order valence-electron chi connectivity index (χ3n) is 7.28. The topological polar surface area (TPSA) is 36.7 Å². The van der Waals surface area contributed by atoms with Gasteiger partial charge in [-0.2, -0.15) is 0 Å². The van der Waals surface area contributed by atoms with Gasteiger partial charge in [-0.1, -0.05) is 115 Å². The fourth-order valence-corrected chi connectivity index (χ4v) is 10.3. The van der Waals surface area contributed by atoms with Crippen LogP contribution in [0.1, 0.15) is 5.69 Å². The first kappa shape index (κ1) is 35.8. The van der Waals surface area contributed by atoms with Gasteiger partial charge in [-0.15, -0.1) is 6.54 Å². The fraction of sp³-hybridized carbons (Fsp3) is 0.0238. The number of nitrogens with one attached hydrogen (secondary N) is 1. The average Bonchev–Trinajstić information content (AvgIpc) is 3.15. The fourth-order valence-electron chi connectivity index (χ4n) is 5.13. The van der Waals surface area contributed by atoms with E-state index < -0.39 is 15.8 Å². The maximum atomic E-state index is 6.88. The molecule has 0 unspecified atom stereocenters. The van der Waals surface area contributed by atoms with Crippen LogP contribution < -0.4 is 31.8 Å². The van der Waals surface area contributed by atoms with E-state index in [4.69, 9.17) is 5.73 Å². The standard InChI is InChI=1S/2C18H15P.C6H7N2.Ru.2H/c2*1-4-10-16(11-5-1)19(17-12-6-2-7-13-17)18-14-8-3-9-15-18;7-5-6-3-1-2-4-8-6;;;/h2*1-15H;1-4,7H,5H2;;;/q;;-1;;;/p+2. The van der Waals surface area contributed by atoms with E-state index in [9.17, 15) is 0 Å². The van der Waals surface area contributed by atoms with Crippen molar-refractivity contribution in [2.75, 3.05) is 0 Å². The second kappa shape index (κ2) is 20.2. The largest absolute Gasteiger partial charge is 0.102 e. The molecule has 6 aromatic carbocycles. The van der Waals surface area contributed by atoms with E-state index >= 15 is 0 Å². The minimum Gasteiger partial charge on any atom is -0.0620 e. The Hall–Kier alpha value is -4.09. The molecule has 7 aromatic rings. The maximum Gasteiger partial charge on any atom is 0.102 e. The van der Waals surface area contributed by atoms with Crippen LogP contribution in [0.15, 0.2) is 206 Å². The quantitative estimate of drug-likeness (QED) is 0.124. The van der Waals surface area contributed by atoms with Gasteiger partial charge in [-0.3, -0.25) is 4.98 Å². The molecule has 0 aliphatic rings. The van der Waals surface area contributed by atoms with Crippen LogP contribution >= 0.6 is 15.8 Å². The van der Waals surface area contributed by atoms with Crippen molar-refractivity contribution in [1.29, 1.82) is 0 Å². The molecule has 0 atom stereocenters. The molecule has 0 saturated carbocycles. The molecule has 0 aliphatic heterocycles. The molecule has 2 nitrogen and oxygen atoms in total. The molecule has 0 spiro atoms. The molecule has 0 bridgehead atoms. The van der Waals surface area contributed by atoms with E-state index in [1.165, 1.54) is 31.8 Å². The summed E-state index contributed by atoms with van der Waals surface area (Å²) in [7, 11) is -1.75. The number of hydrogen-bond donors (Lipinski definition) is 0. The first-order valence-corrected chi connectivity index (χ1v) is 18.4. The summed E-state index contributed by atoms with van der Waals surface area (Å²) in [5, 5.41) is 8.61. The third kappa shape index (κ3) is 11.0. The zero-order chi connectivity index (χ0) is 31.7. The van der Waals surface area contributed by atoms with Crippen LogP contribution in [0.3, 0.4) is 0 Å². The summed E-state index contributed by atoms with van der Waals surface area (Å²) in [4.78, 5) is 3.91. The summed E-state index contributed by atoms with van der Waals surface area (Å²) >= 11 is 0. The Balaban J connectivity index is 0.000000171. The number of pyridine rings is 1. The third-order valence-corrected chi connectivity index (χ3v) is 12.7. The number of benzene rings is 6. The molecular formula is C42H41N2P2Ru+. The van der Waals surface area contributed by atoms with Crippen LogP contribution in [0, 0.1) is 0 Å². The van der Waals surface area contributed by atoms with Crippen molar-refractivity contribution in [2.24, 2.45) is 0 Å². The Morgan fingerprint density at radius 1 is 0.340 bits per heavy atom. The minimum absolute atomic E-state index is 0. The van der Waals surface area contributed by atoms with Crippen molar-refractivity contribution in [3.8, 4) is 0 Å². The number of rotatable bonds is 7. The van der Waals surface area contributed by atoms with E-state index in [1.807, 2.05) is 18.2 Å². The Morgan fingerprint density at radius 3 is 0.745 bits per heavy atom. The second-order valence-electron chi connectivity index (χ2n) is 10.4. The van der Waals surface area contributed by atoms with Gasteiger partial charge in [0.25, 0.3) is 0 Å². The van der Waals surface area contributed by atoms with Crippen molar-refractivity contribution >= 4 is 47.7 Å². The summed E-state index contributed by atoms with van der Waals surface area (Å²) in [6, 6.07) is 70.6. The molecule has 47 heavy (non-hydrogen) atoms. The molecule has 1 N–H and O–H groups in total. The molecule has 1 aromatic heterocycles. The summed E-state index contributed by atoms with van der Waals surface area (Å²) in [5.41, 5.74) is 7.71. The summed E-state index contributed by atoms with van der Waals surface area (Å²) in [6.45, 7) is 0.279. The number of aromatic nitrogens is 1. The van der Waals surface area contributed by atoms with Gasteiger partial charge in [0.05, 0.1) is 15.8 Å². The van der Waals surface area contributed by atoms with E-state index in [-0.39, 0.29) is 26.0 Å². The van der Waals surface area contributed by atoms with Crippen molar-refractivity contribution in [3.63, 3.8) is 0 Å². The smallest absolute Gasteiger partial charge is 0.0620 e. The molecule has 7 rings (SSSR count). The van der Waals surface area contributed by atoms with Crippen molar-refractivity contribution in [3.05, 3.63) is 218 Å². The number of nitrogens with zero attached hydrogens (tertiary/aromatic N) is 1. The molecule has 236 valence electrons. The molecular weight excluding hydrogens is 695 g/mol. The van der Waals surface area contributed by atoms with Crippen molar-refractivity contribution < 1.29 is 19.5 Å². The molecule has 0 radical (unpaired) electrons. The first-order chi connectivity index (χ1) is 22.8. The molecule has 0 amide bonds. The van der Waals surface area contributed by atoms with Gasteiger partial charge in [0.1, 0.15) is 31.8 Å². The van der Waals surface area contributed by atoms with Crippen LogP contribution in [0.4, 0.5) is 0 Å². The predicted octanol–water partition coefficient (Wildman–Crippen LogP) is 7.45. The monoisotopic (exact) mass is 737 g/mol. The Bertz CT molecular complexity index is 1490. The van der Waals surface area contributed by atoms with E-state index in [0.717, 1.165) is 5.69 Å². The van der Waals surface area contributed by atoms with E-state index in [0.29, 0.717) is 0 Å². The van der Waals surface area contributed by atoms with Gasteiger partial charge >= 0.3 is 19.5 Å². The molecule has 5 heteroatoms. The van der Waals surface area contributed by atoms with Crippen LogP contribution in [0.5, 0.6) is 0 Å². The van der Waals surface area contributed by atoms with Gasteiger partial charge in [-0.05, 0) is 84.9 Å². The predicted molar refractivity (Wildman–Crippen MR) is 208 cm³/mol. The van der Waals surface area contributed by atoms with Crippen molar-refractivity contribution in [2.45, 2.75) is 6.54 Å².